The summed E-state index contributed by atoms with van der Waals surface area (Å²) in [6.07, 6.45) is -2.02. The molecule has 4 rings (SSSR count). The normalized spacial score (nSPS) is 25.5. The van der Waals surface area contributed by atoms with Crippen LogP contribution >= 0.6 is 0 Å². The number of halogens is 4. The number of nitrogens with one attached hydrogen (secondary N) is 2. The van der Waals surface area contributed by atoms with Gasteiger partial charge in [-0.15, -0.1) is 0 Å². The Kier molecular flexibility index (Phi) is 6.83. The third-order valence-corrected chi connectivity index (χ3v) is 6.77. The molecule has 1 aromatic rings. The molecule has 0 aromatic heterocycles. The maximum Gasteiger partial charge on any atom is 0.414 e. The van der Waals surface area contributed by atoms with Crippen LogP contribution in [-0.2, 0) is 9.59 Å². The number of carbonyl (C=O) groups excluding carboxylic acids is 2. The molecule has 0 bridgehead atoms. The summed E-state index contributed by atoms with van der Waals surface area (Å²) in [4.78, 5) is 32.0. The Bertz CT molecular complexity index is 1120. The van der Waals surface area contributed by atoms with Gasteiger partial charge in [0.15, 0.2) is 0 Å². The van der Waals surface area contributed by atoms with Crippen molar-refractivity contribution in [1.29, 1.82) is 0 Å². The van der Waals surface area contributed by atoms with E-state index in [1.54, 1.807) is 0 Å². The summed E-state index contributed by atoms with van der Waals surface area (Å²) in [7, 11) is 1.99. The van der Waals surface area contributed by atoms with E-state index in [4.69, 9.17) is 0 Å². The standard InChI is InChI=1S/C24H27F4N5O2/c1-13-11-33(12-14(2)32(13)3)21-8-19(25)16(15-4-5-29-9-15)6-20(21)31-23(35)17-10-30-22(34)7-18(17)24(26,27)28/h4,6-8,10,13-14,17,29H,5,9,11-12H2,1-3H3,(H,31,35)/t13-,14+,17?. The number of amides is 2. The molecule has 3 atom stereocenters. The molecule has 3 heterocycles. The van der Waals surface area contributed by atoms with Gasteiger partial charge in [0.05, 0.1) is 16.9 Å². The molecule has 35 heavy (non-hydrogen) atoms. The lowest BCUT2D eigenvalue weighted by Gasteiger charge is -2.44. The van der Waals surface area contributed by atoms with E-state index in [-0.39, 0.29) is 23.3 Å². The number of piperazine rings is 1. The lowest BCUT2D eigenvalue weighted by molar-refractivity contribution is -0.124. The Morgan fingerprint density at radius 3 is 2.49 bits per heavy atom. The lowest BCUT2D eigenvalue weighted by atomic mass is 9.95. The van der Waals surface area contributed by atoms with Crippen molar-refractivity contribution in [1.82, 2.24) is 10.2 Å². The molecule has 11 heteroatoms. The number of benzene rings is 1. The van der Waals surface area contributed by atoms with Crippen LogP contribution in [0.2, 0.25) is 0 Å². The molecule has 0 aliphatic carbocycles. The highest BCUT2D eigenvalue weighted by Gasteiger charge is 2.43. The number of rotatable bonds is 4. The van der Waals surface area contributed by atoms with Crippen LogP contribution in [0.5, 0.6) is 0 Å². The van der Waals surface area contributed by atoms with Gasteiger partial charge in [0, 0.05) is 56.1 Å². The minimum absolute atomic E-state index is 0.128. The SMILES string of the molecule is C[C@@H]1CN(c2cc(F)c(C3=CCNC3)cc2NC(=O)C2C=NC(=O)C=C2C(F)(F)F)C[C@H](C)N1C. The summed E-state index contributed by atoms with van der Waals surface area (Å²) in [5.74, 6) is -4.36. The van der Waals surface area contributed by atoms with Crippen LogP contribution in [0.1, 0.15) is 19.4 Å². The molecule has 0 saturated carbocycles. The molecule has 2 N–H and O–H groups in total. The Morgan fingerprint density at radius 2 is 1.89 bits per heavy atom. The van der Waals surface area contributed by atoms with Crippen molar-refractivity contribution in [3.63, 3.8) is 0 Å². The van der Waals surface area contributed by atoms with Gasteiger partial charge in [0.25, 0.3) is 5.91 Å². The zero-order valence-corrected chi connectivity index (χ0v) is 19.6. The molecular formula is C24H27F4N5O2. The Labute approximate surface area is 200 Å². The van der Waals surface area contributed by atoms with Gasteiger partial charge in [-0.05, 0) is 38.6 Å². The first-order chi connectivity index (χ1) is 16.5. The second-order valence-electron chi connectivity index (χ2n) is 9.16. The smallest absolute Gasteiger partial charge is 0.367 e. The van der Waals surface area contributed by atoms with Crippen LogP contribution in [0.4, 0.5) is 28.9 Å². The molecule has 0 spiro atoms. The van der Waals surface area contributed by atoms with Gasteiger partial charge >= 0.3 is 6.18 Å². The van der Waals surface area contributed by atoms with Gasteiger partial charge in [0.1, 0.15) is 11.7 Å². The minimum atomic E-state index is -4.89. The molecular weight excluding hydrogens is 466 g/mol. The van der Waals surface area contributed by atoms with Crippen molar-refractivity contribution in [2.75, 3.05) is 43.4 Å². The second kappa shape index (κ2) is 9.54. The molecule has 3 aliphatic rings. The fourth-order valence-corrected chi connectivity index (χ4v) is 4.62. The van der Waals surface area contributed by atoms with Crippen LogP contribution in [0.25, 0.3) is 5.57 Å². The molecule has 1 unspecified atom stereocenters. The Morgan fingerprint density at radius 1 is 1.20 bits per heavy atom. The van der Waals surface area contributed by atoms with Gasteiger partial charge in [-0.3, -0.25) is 14.5 Å². The van der Waals surface area contributed by atoms with E-state index in [0.717, 1.165) is 0 Å². The highest BCUT2D eigenvalue weighted by Crippen LogP contribution is 2.37. The van der Waals surface area contributed by atoms with Gasteiger partial charge < -0.3 is 15.5 Å². The number of alkyl halides is 3. The zero-order valence-electron chi connectivity index (χ0n) is 19.6. The molecule has 188 valence electrons. The maximum absolute atomic E-state index is 15.2. The van der Waals surface area contributed by atoms with Gasteiger partial charge in [-0.25, -0.2) is 9.38 Å². The van der Waals surface area contributed by atoms with Crippen molar-refractivity contribution >= 4 is 35.0 Å². The van der Waals surface area contributed by atoms with E-state index in [1.165, 1.54) is 12.1 Å². The minimum Gasteiger partial charge on any atom is -0.367 e. The van der Waals surface area contributed by atoms with Crippen LogP contribution in [0, 0.1) is 11.7 Å². The molecule has 1 fully saturated rings. The van der Waals surface area contributed by atoms with E-state index in [2.05, 4.69) is 20.5 Å². The summed E-state index contributed by atoms with van der Waals surface area (Å²) in [5.41, 5.74) is 0.270. The highest BCUT2D eigenvalue weighted by atomic mass is 19.4. The van der Waals surface area contributed by atoms with Crippen LogP contribution in [0.3, 0.4) is 0 Å². The van der Waals surface area contributed by atoms with Crippen molar-refractivity contribution in [2.45, 2.75) is 32.1 Å². The average molecular weight is 494 g/mol. The second-order valence-corrected chi connectivity index (χ2v) is 9.16. The summed E-state index contributed by atoms with van der Waals surface area (Å²) in [5, 5.41) is 5.66. The Balaban J connectivity index is 1.72. The third kappa shape index (κ3) is 5.15. The molecule has 1 saturated heterocycles. The molecule has 1 aromatic carbocycles. The predicted molar refractivity (Wildman–Crippen MR) is 126 cm³/mol. The van der Waals surface area contributed by atoms with Crippen molar-refractivity contribution in [3.8, 4) is 0 Å². The summed E-state index contributed by atoms with van der Waals surface area (Å²) in [6.45, 7) is 6.13. The third-order valence-electron chi connectivity index (χ3n) is 6.77. The summed E-state index contributed by atoms with van der Waals surface area (Å²) in [6, 6.07) is 3.05. The molecule has 0 radical (unpaired) electrons. The van der Waals surface area contributed by atoms with E-state index in [1.807, 2.05) is 31.9 Å². The highest BCUT2D eigenvalue weighted by molar-refractivity contribution is 6.11. The van der Waals surface area contributed by atoms with E-state index in [0.29, 0.717) is 49.7 Å². The number of dihydropyridines is 1. The topological polar surface area (TPSA) is 77.0 Å². The fourth-order valence-electron chi connectivity index (χ4n) is 4.62. The van der Waals surface area contributed by atoms with E-state index < -0.39 is 35.3 Å². The van der Waals surface area contributed by atoms with Gasteiger partial charge in [-0.2, -0.15) is 13.2 Å². The van der Waals surface area contributed by atoms with E-state index in [9.17, 15) is 22.8 Å². The quantitative estimate of drug-likeness (QED) is 0.631. The van der Waals surface area contributed by atoms with Crippen molar-refractivity contribution < 1.29 is 27.2 Å². The number of likely N-dealkylation sites (N-methyl/N-ethyl adjacent to an activating group) is 1. The lowest BCUT2D eigenvalue weighted by Crippen LogP contribution is -2.55. The predicted octanol–water partition coefficient (Wildman–Crippen LogP) is 3.00. The number of aliphatic imine (C=N–C) groups is 1. The summed E-state index contributed by atoms with van der Waals surface area (Å²) < 4.78 is 55.8. The van der Waals surface area contributed by atoms with Crippen molar-refractivity contribution in [3.05, 3.63) is 41.2 Å². The fraction of sp³-hybridized carbons (Fsp3) is 0.458. The molecule has 3 aliphatic heterocycles. The zero-order chi connectivity index (χ0) is 25.5. The number of carbonyl (C=O) groups is 2. The summed E-state index contributed by atoms with van der Waals surface area (Å²) >= 11 is 0. The maximum atomic E-state index is 15.2. The first kappa shape index (κ1) is 25.1. The van der Waals surface area contributed by atoms with Gasteiger partial charge in [0.2, 0.25) is 5.91 Å². The first-order valence-corrected chi connectivity index (χ1v) is 11.3. The van der Waals surface area contributed by atoms with Crippen LogP contribution in [0.15, 0.2) is 34.9 Å². The van der Waals surface area contributed by atoms with Crippen molar-refractivity contribution in [2.24, 2.45) is 10.9 Å². The number of hydrogen-bond donors (Lipinski definition) is 2. The first-order valence-electron chi connectivity index (χ1n) is 11.3. The molecule has 7 nitrogen and oxygen atoms in total. The molecule has 2 amide bonds. The average Bonchev–Trinajstić information content (AvgIpc) is 3.32. The van der Waals surface area contributed by atoms with Crippen LogP contribution in [-0.4, -0.2) is 74.4 Å². The largest absolute Gasteiger partial charge is 0.414 e. The van der Waals surface area contributed by atoms with Crippen LogP contribution < -0.4 is 15.5 Å². The Hall–Kier alpha value is -3.05. The number of hydrogen-bond acceptors (Lipinski definition) is 5. The monoisotopic (exact) mass is 493 g/mol. The number of nitrogens with zero attached hydrogens (tertiary/aromatic N) is 3. The van der Waals surface area contributed by atoms with Gasteiger partial charge in [-0.1, -0.05) is 6.08 Å². The number of anilines is 2. The van der Waals surface area contributed by atoms with E-state index >= 15 is 4.39 Å².